The highest BCUT2D eigenvalue weighted by atomic mass is 35.5. The number of carbonyl (C=O) groups is 1. The van der Waals surface area contributed by atoms with Crippen molar-refractivity contribution in [1.29, 1.82) is 0 Å². The minimum atomic E-state index is -3.51. The van der Waals surface area contributed by atoms with Crippen LogP contribution < -0.4 is 5.32 Å². The first kappa shape index (κ1) is 23.3. The average molecular weight is 522 g/mol. The average Bonchev–Trinajstić information content (AvgIpc) is 3.44. The fourth-order valence-electron chi connectivity index (χ4n) is 3.87. The zero-order valence-electron chi connectivity index (χ0n) is 18.6. The van der Waals surface area contributed by atoms with E-state index in [0.717, 1.165) is 39.1 Å². The molecule has 5 aromatic rings. The third-order valence-corrected chi connectivity index (χ3v) is 7.84. The lowest BCUT2D eigenvalue weighted by Gasteiger charge is -2.12. The lowest BCUT2D eigenvalue weighted by atomic mass is 10.1. The van der Waals surface area contributed by atoms with Crippen LogP contribution in [0.5, 0.6) is 0 Å². The topological polar surface area (TPSA) is 91.9 Å². The molecule has 0 aliphatic heterocycles. The van der Waals surface area contributed by atoms with E-state index in [9.17, 15) is 13.2 Å². The number of anilines is 1. The minimum Gasteiger partial charge on any atom is -0.337 e. The maximum Gasteiger partial charge on any atom is 0.228 e. The summed E-state index contributed by atoms with van der Waals surface area (Å²) in [5.74, 6) is 0.474. The van der Waals surface area contributed by atoms with Gasteiger partial charge in [0.2, 0.25) is 5.91 Å². The van der Waals surface area contributed by atoms with Crippen molar-refractivity contribution in [3.05, 3.63) is 88.8 Å². The van der Waals surface area contributed by atoms with Gasteiger partial charge in [0, 0.05) is 17.5 Å². The van der Waals surface area contributed by atoms with Crippen LogP contribution in [0.25, 0.3) is 32.9 Å². The second-order valence-electron chi connectivity index (χ2n) is 8.11. The molecule has 0 bridgehead atoms. The number of rotatable bonds is 6. The van der Waals surface area contributed by atoms with E-state index in [1.54, 1.807) is 12.1 Å². The highest BCUT2D eigenvalue weighted by Crippen LogP contribution is 2.31. The molecule has 0 saturated carbocycles. The number of hydrogen-bond donors (Lipinski definition) is 2. The summed E-state index contributed by atoms with van der Waals surface area (Å²) in [4.78, 5) is 21.8. The molecule has 0 spiro atoms. The summed E-state index contributed by atoms with van der Waals surface area (Å²) in [6, 6.07) is 23.6. The third-order valence-electron chi connectivity index (χ3n) is 5.47. The van der Waals surface area contributed by atoms with Crippen LogP contribution in [0.4, 0.5) is 5.69 Å². The molecule has 3 aromatic carbocycles. The first-order chi connectivity index (χ1) is 16.8. The van der Waals surface area contributed by atoms with Gasteiger partial charge in [0.1, 0.15) is 5.82 Å². The van der Waals surface area contributed by atoms with Crippen molar-refractivity contribution in [3.63, 3.8) is 0 Å². The van der Waals surface area contributed by atoms with Crippen LogP contribution in [0.3, 0.4) is 0 Å². The summed E-state index contributed by atoms with van der Waals surface area (Å²) in [6.45, 7) is 0. The molecular weight excluding hydrogens is 502 g/mol. The van der Waals surface area contributed by atoms with E-state index in [4.69, 9.17) is 11.6 Å². The van der Waals surface area contributed by atoms with Crippen molar-refractivity contribution in [2.24, 2.45) is 0 Å². The molecule has 9 heteroatoms. The van der Waals surface area contributed by atoms with Gasteiger partial charge in [-0.05, 0) is 47.5 Å². The van der Waals surface area contributed by atoms with E-state index in [2.05, 4.69) is 15.3 Å². The predicted molar refractivity (Wildman–Crippen MR) is 142 cm³/mol. The molecule has 0 aliphatic carbocycles. The summed E-state index contributed by atoms with van der Waals surface area (Å²) in [7, 11) is -3.51. The van der Waals surface area contributed by atoms with Gasteiger partial charge in [0.05, 0.1) is 31.6 Å². The van der Waals surface area contributed by atoms with Crippen LogP contribution in [-0.4, -0.2) is 30.5 Å². The molecule has 0 unspecified atom stereocenters. The molecule has 1 amide bonds. The fraction of sp³-hybridized carbons (Fsp3) is 0.0769. The van der Waals surface area contributed by atoms with Gasteiger partial charge < -0.3 is 10.3 Å². The number of nitrogens with one attached hydrogen (secondary N) is 2. The van der Waals surface area contributed by atoms with Crippen molar-refractivity contribution in [2.75, 3.05) is 11.6 Å². The number of aromatic amines is 1. The molecule has 176 valence electrons. The molecule has 2 aromatic heterocycles. The van der Waals surface area contributed by atoms with Gasteiger partial charge in [-0.25, -0.2) is 13.4 Å². The van der Waals surface area contributed by atoms with Gasteiger partial charge in [-0.1, -0.05) is 54.1 Å². The minimum absolute atomic E-state index is 0.123. The quantitative estimate of drug-likeness (QED) is 0.278. The summed E-state index contributed by atoms with van der Waals surface area (Å²) in [5, 5.41) is 2.82. The molecule has 6 nitrogen and oxygen atoms in total. The van der Waals surface area contributed by atoms with E-state index in [1.807, 2.05) is 60.7 Å². The van der Waals surface area contributed by atoms with E-state index >= 15 is 0 Å². The second-order valence-corrected chi connectivity index (χ2v) is 11.8. The van der Waals surface area contributed by atoms with Gasteiger partial charge in [0.25, 0.3) is 0 Å². The summed E-state index contributed by atoms with van der Waals surface area (Å²) in [5.41, 5.74) is 4.22. The molecule has 35 heavy (non-hydrogen) atoms. The standard InChI is InChI=1S/C26H20ClN3O3S2/c1-35(32,33)23-15-18(8-9-19(23)17-5-3-2-4-6-17)28-25(31)14-16-7-10-20-21(13-16)30-26(29-20)22-11-12-24(27)34-22/h2-13,15H,14H2,1H3,(H,28,31)(H,29,30). The highest BCUT2D eigenvalue weighted by Gasteiger charge is 2.17. The van der Waals surface area contributed by atoms with Gasteiger partial charge in [-0.3, -0.25) is 4.79 Å². The van der Waals surface area contributed by atoms with Gasteiger partial charge >= 0.3 is 0 Å². The molecule has 2 heterocycles. The lowest BCUT2D eigenvalue weighted by Crippen LogP contribution is -2.15. The Morgan fingerprint density at radius 2 is 1.83 bits per heavy atom. The van der Waals surface area contributed by atoms with Crippen LogP contribution in [0, 0.1) is 0 Å². The Bertz CT molecular complexity index is 1660. The van der Waals surface area contributed by atoms with Crippen LogP contribution in [0.2, 0.25) is 4.34 Å². The highest BCUT2D eigenvalue weighted by molar-refractivity contribution is 7.90. The number of fused-ring (bicyclic) bond motifs is 1. The number of nitrogens with zero attached hydrogens (tertiary/aromatic N) is 1. The van der Waals surface area contributed by atoms with E-state index in [0.29, 0.717) is 15.6 Å². The summed E-state index contributed by atoms with van der Waals surface area (Å²) < 4.78 is 25.6. The Kier molecular flexibility index (Phi) is 6.19. The number of H-pyrrole nitrogens is 1. The number of carbonyl (C=O) groups excluding carboxylic acids is 1. The molecule has 5 rings (SSSR count). The maximum atomic E-state index is 12.8. The van der Waals surface area contributed by atoms with Crippen LogP contribution >= 0.6 is 22.9 Å². The fourth-order valence-corrected chi connectivity index (χ4v) is 5.79. The number of benzene rings is 3. The number of amides is 1. The van der Waals surface area contributed by atoms with Crippen molar-refractivity contribution in [3.8, 4) is 21.8 Å². The van der Waals surface area contributed by atoms with Crippen LogP contribution in [0.1, 0.15) is 5.56 Å². The number of sulfone groups is 1. The molecule has 0 radical (unpaired) electrons. The zero-order chi connectivity index (χ0) is 24.6. The molecule has 0 fully saturated rings. The summed E-state index contributed by atoms with van der Waals surface area (Å²) in [6.07, 6.45) is 1.29. The van der Waals surface area contributed by atoms with Gasteiger partial charge in [0.15, 0.2) is 9.84 Å². The third kappa shape index (κ3) is 5.14. The monoisotopic (exact) mass is 521 g/mol. The number of hydrogen-bond acceptors (Lipinski definition) is 5. The van der Waals surface area contributed by atoms with Crippen molar-refractivity contribution >= 4 is 55.4 Å². The predicted octanol–water partition coefficient (Wildman–Crippen LogP) is 6.20. The van der Waals surface area contributed by atoms with E-state index < -0.39 is 9.84 Å². The Balaban J connectivity index is 1.36. The second kappa shape index (κ2) is 9.30. The molecule has 0 aliphatic rings. The normalized spacial score (nSPS) is 11.6. The van der Waals surface area contributed by atoms with Crippen molar-refractivity contribution < 1.29 is 13.2 Å². The Morgan fingerprint density at radius 1 is 1.03 bits per heavy atom. The zero-order valence-corrected chi connectivity index (χ0v) is 21.0. The van der Waals surface area contributed by atoms with Crippen LogP contribution in [0.15, 0.2) is 83.8 Å². The smallest absolute Gasteiger partial charge is 0.228 e. The van der Waals surface area contributed by atoms with Gasteiger partial charge in [-0.2, -0.15) is 0 Å². The van der Waals surface area contributed by atoms with Gasteiger partial charge in [-0.15, -0.1) is 11.3 Å². The Morgan fingerprint density at radius 3 is 2.54 bits per heavy atom. The molecule has 2 N–H and O–H groups in total. The number of thiophene rings is 1. The van der Waals surface area contributed by atoms with Crippen molar-refractivity contribution in [1.82, 2.24) is 9.97 Å². The van der Waals surface area contributed by atoms with Crippen LogP contribution in [-0.2, 0) is 21.1 Å². The van der Waals surface area contributed by atoms with E-state index in [-0.39, 0.29) is 17.2 Å². The lowest BCUT2D eigenvalue weighted by molar-refractivity contribution is -0.115. The Labute approximate surface area is 211 Å². The first-order valence-corrected chi connectivity index (χ1v) is 13.8. The summed E-state index contributed by atoms with van der Waals surface area (Å²) >= 11 is 7.47. The maximum absolute atomic E-state index is 12.8. The largest absolute Gasteiger partial charge is 0.337 e. The van der Waals surface area contributed by atoms with Crippen molar-refractivity contribution in [2.45, 2.75) is 11.3 Å². The van der Waals surface area contributed by atoms with E-state index in [1.165, 1.54) is 17.4 Å². The number of halogens is 1. The molecular formula is C26H20ClN3O3S2. The number of imidazole rings is 1. The number of aromatic nitrogens is 2. The molecule has 0 saturated heterocycles. The molecule has 0 atom stereocenters. The first-order valence-electron chi connectivity index (χ1n) is 10.7. The SMILES string of the molecule is CS(=O)(=O)c1cc(NC(=O)Cc2ccc3[nH]c(-c4ccc(Cl)s4)nc3c2)ccc1-c1ccccc1. The Hall–Kier alpha value is -3.46.